The van der Waals surface area contributed by atoms with Crippen molar-refractivity contribution in [2.24, 2.45) is 0 Å². The topological polar surface area (TPSA) is 49.9 Å². The second kappa shape index (κ2) is 14.3. The minimum Gasteiger partial charge on any atom is -0.453 e. The van der Waals surface area contributed by atoms with E-state index in [1.54, 1.807) is 0 Å². The SMILES string of the molecule is Clc1c(N2c3ccccc3Oc3ccccc32)c(N2c3ccccc3Oc3ccccc32)c(Cl)c(N2c3ccccc3Oc3ccccc32)c1N1c2ccccc2Oc2ccccc21. The largest absolute Gasteiger partial charge is 0.453 e. The molecule has 0 N–H and O–H groups in total. The molecule has 0 unspecified atom stereocenters. The van der Waals surface area contributed by atoms with E-state index in [9.17, 15) is 0 Å². The zero-order valence-electron chi connectivity index (χ0n) is 33.7. The van der Waals surface area contributed by atoms with Crippen LogP contribution >= 0.6 is 23.2 Å². The van der Waals surface area contributed by atoms with Crippen LogP contribution < -0.4 is 38.5 Å². The van der Waals surface area contributed by atoms with Crippen LogP contribution in [0.5, 0.6) is 46.0 Å². The highest BCUT2D eigenvalue weighted by Gasteiger charge is 2.43. The van der Waals surface area contributed by atoms with E-state index in [-0.39, 0.29) is 0 Å². The molecule has 8 nitrogen and oxygen atoms in total. The van der Waals surface area contributed by atoms with Crippen molar-refractivity contribution in [3.63, 3.8) is 0 Å². The first-order chi connectivity index (χ1) is 31.6. The third kappa shape index (κ3) is 5.36. The Bertz CT molecular complexity index is 2770. The fraction of sp³-hybridized carbons (Fsp3) is 0. The summed E-state index contributed by atoms with van der Waals surface area (Å²) in [4.78, 5) is 8.69. The first-order valence-electron chi connectivity index (χ1n) is 20.8. The molecule has 9 aromatic rings. The Hall–Kier alpha value is -8.04. The number of para-hydroxylation sites is 16. The summed E-state index contributed by atoms with van der Waals surface area (Å²) < 4.78 is 26.5. The molecule has 13 rings (SSSR count). The fourth-order valence-corrected chi connectivity index (χ4v) is 9.93. The van der Waals surface area contributed by atoms with E-state index in [4.69, 9.17) is 42.1 Å². The van der Waals surface area contributed by atoms with Crippen LogP contribution in [-0.4, -0.2) is 0 Å². The van der Waals surface area contributed by atoms with E-state index in [1.165, 1.54) is 0 Å². The van der Waals surface area contributed by atoms with Gasteiger partial charge in [-0.3, -0.25) is 19.6 Å². The number of hydrogen-bond donors (Lipinski definition) is 0. The van der Waals surface area contributed by atoms with Gasteiger partial charge in [0.2, 0.25) is 0 Å². The lowest BCUT2D eigenvalue weighted by Crippen LogP contribution is -2.26. The van der Waals surface area contributed by atoms with Gasteiger partial charge in [0.25, 0.3) is 0 Å². The van der Waals surface area contributed by atoms with Gasteiger partial charge in [-0.1, -0.05) is 120 Å². The van der Waals surface area contributed by atoms with E-state index in [1.807, 2.05) is 194 Å². The van der Waals surface area contributed by atoms with Gasteiger partial charge in [0.15, 0.2) is 46.0 Å². The minimum atomic E-state index is 0.398. The van der Waals surface area contributed by atoms with Crippen LogP contribution in [0.25, 0.3) is 0 Å². The van der Waals surface area contributed by atoms with Gasteiger partial charge >= 0.3 is 0 Å². The molecule has 64 heavy (non-hydrogen) atoms. The minimum absolute atomic E-state index is 0.398. The smallest absolute Gasteiger partial charge is 0.151 e. The Balaban J connectivity index is 1.25. The molecule has 0 saturated heterocycles. The first kappa shape index (κ1) is 36.6. The van der Waals surface area contributed by atoms with Crippen molar-refractivity contribution < 1.29 is 18.9 Å². The summed E-state index contributed by atoms with van der Waals surface area (Å²) in [5, 5.41) is 0.797. The van der Waals surface area contributed by atoms with Crippen LogP contribution in [0.1, 0.15) is 0 Å². The Morgan fingerprint density at radius 2 is 0.359 bits per heavy atom. The normalized spacial score (nSPS) is 13.5. The van der Waals surface area contributed by atoms with Gasteiger partial charge in [-0.05, 0) is 97.1 Å². The highest BCUT2D eigenvalue weighted by molar-refractivity contribution is 6.45. The summed E-state index contributed by atoms with van der Waals surface area (Å²) in [7, 11) is 0. The number of fused-ring (bicyclic) bond motifs is 8. The fourth-order valence-electron chi connectivity index (χ4n) is 9.24. The average molecular weight is 872 g/mol. The summed E-state index contributed by atoms with van der Waals surface area (Å²) in [6.45, 7) is 0. The molecular formula is C54H32Cl2N4O4. The van der Waals surface area contributed by atoms with Gasteiger partial charge < -0.3 is 18.9 Å². The highest BCUT2D eigenvalue weighted by atomic mass is 35.5. The number of nitrogens with zero attached hydrogens (tertiary/aromatic N) is 4. The molecule has 0 atom stereocenters. The molecule has 10 heteroatoms. The van der Waals surface area contributed by atoms with Crippen molar-refractivity contribution >= 4 is 91.5 Å². The molecule has 0 radical (unpaired) electrons. The maximum Gasteiger partial charge on any atom is 0.151 e. The number of ether oxygens (including phenoxy) is 4. The van der Waals surface area contributed by atoms with E-state index in [0.29, 0.717) is 78.8 Å². The molecule has 4 aliphatic rings. The maximum absolute atomic E-state index is 8.53. The molecule has 306 valence electrons. The van der Waals surface area contributed by atoms with Crippen molar-refractivity contribution in [3.8, 4) is 46.0 Å². The lowest BCUT2D eigenvalue weighted by molar-refractivity contribution is 0.475. The zero-order chi connectivity index (χ0) is 42.5. The molecule has 0 amide bonds. The number of rotatable bonds is 4. The number of halogens is 2. The average Bonchev–Trinajstić information content (AvgIpc) is 3.34. The van der Waals surface area contributed by atoms with Crippen LogP contribution in [0.4, 0.5) is 68.2 Å². The van der Waals surface area contributed by atoms with Gasteiger partial charge in [-0.25, -0.2) is 0 Å². The maximum atomic E-state index is 8.53. The zero-order valence-corrected chi connectivity index (χ0v) is 35.2. The van der Waals surface area contributed by atoms with Crippen LogP contribution in [0.15, 0.2) is 194 Å². The monoisotopic (exact) mass is 870 g/mol. The number of hydrogen-bond acceptors (Lipinski definition) is 8. The second-order valence-corrected chi connectivity index (χ2v) is 16.3. The van der Waals surface area contributed by atoms with Crippen molar-refractivity contribution in [1.29, 1.82) is 0 Å². The lowest BCUT2D eigenvalue weighted by atomic mass is 10.0. The number of benzene rings is 9. The third-order valence-corrected chi connectivity index (χ3v) is 12.6. The van der Waals surface area contributed by atoms with Crippen molar-refractivity contribution in [3.05, 3.63) is 204 Å². The van der Waals surface area contributed by atoms with Gasteiger partial charge in [0.1, 0.15) is 0 Å². The second-order valence-electron chi connectivity index (χ2n) is 15.5. The molecule has 4 aliphatic heterocycles. The van der Waals surface area contributed by atoms with Crippen molar-refractivity contribution in [2.75, 3.05) is 19.6 Å². The van der Waals surface area contributed by atoms with E-state index < -0.39 is 0 Å². The predicted molar refractivity (Wildman–Crippen MR) is 255 cm³/mol. The van der Waals surface area contributed by atoms with Gasteiger partial charge in [-0.2, -0.15) is 0 Å². The summed E-state index contributed by atoms with van der Waals surface area (Å²) in [6, 6.07) is 63.9. The first-order valence-corrected chi connectivity index (χ1v) is 21.6. The van der Waals surface area contributed by atoms with Crippen LogP contribution in [0, 0.1) is 0 Å². The van der Waals surface area contributed by atoms with Gasteiger partial charge in [0.05, 0.1) is 78.3 Å². The van der Waals surface area contributed by atoms with Crippen molar-refractivity contribution in [2.45, 2.75) is 0 Å². The molecule has 0 aromatic heterocycles. The van der Waals surface area contributed by atoms with E-state index in [0.717, 1.165) is 45.5 Å². The molecular weight excluding hydrogens is 840 g/mol. The molecule has 0 fully saturated rings. The third-order valence-electron chi connectivity index (χ3n) is 11.9. The van der Waals surface area contributed by atoms with E-state index >= 15 is 0 Å². The van der Waals surface area contributed by atoms with Gasteiger partial charge in [-0.15, -0.1) is 0 Å². The molecule has 0 spiro atoms. The van der Waals surface area contributed by atoms with Crippen LogP contribution in [-0.2, 0) is 0 Å². The summed E-state index contributed by atoms with van der Waals surface area (Å²) in [5.74, 6) is 5.27. The molecule has 0 saturated carbocycles. The Kier molecular flexibility index (Phi) is 8.15. The lowest BCUT2D eigenvalue weighted by Gasteiger charge is -2.43. The predicted octanol–water partition coefficient (Wildman–Crippen LogP) is 17.3. The Morgan fingerprint density at radius 3 is 0.516 bits per heavy atom. The van der Waals surface area contributed by atoms with Gasteiger partial charge in [0, 0.05) is 0 Å². The summed E-state index contributed by atoms with van der Waals surface area (Å²) >= 11 is 17.1. The highest BCUT2D eigenvalue weighted by Crippen LogP contribution is 2.68. The molecule has 0 bridgehead atoms. The van der Waals surface area contributed by atoms with Crippen molar-refractivity contribution in [1.82, 2.24) is 0 Å². The summed E-state index contributed by atoms with van der Waals surface area (Å²) in [6.07, 6.45) is 0. The Morgan fingerprint density at radius 1 is 0.219 bits per heavy atom. The molecule has 4 heterocycles. The Labute approximate surface area is 378 Å². The molecule has 9 aromatic carbocycles. The van der Waals surface area contributed by atoms with Crippen LogP contribution in [0.3, 0.4) is 0 Å². The summed E-state index contributed by atoms with van der Waals surface area (Å²) in [5.41, 5.74) is 8.64. The van der Waals surface area contributed by atoms with E-state index in [2.05, 4.69) is 19.6 Å². The standard InChI is InChI=1S/C54H32Cl2N4O4/c55-49-51(57-33-17-1-9-25-41(33)61-42-26-10-2-18-34(42)57)52(58-35-19-3-11-27-43(35)62-44-28-12-4-20-36(44)58)50(56)54(60-39-23-7-15-31-47(39)64-48-32-16-8-24-40(48)60)53(49)59-37-21-5-13-29-45(37)63-46-30-14-6-22-38(46)59/h1-32H. The van der Waals surface area contributed by atoms with Crippen LogP contribution in [0.2, 0.25) is 10.0 Å². The quantitative estimate of drug-likeness (QED) is 0.173. The molecule has 0 aliphatic carbocycles. The number of anilines is 12.